The fraction of sp³-hybridized carbons (Fsp3) is 0.167. The highest BCUT2D eigenvalue weighted by atomic mass is 32.2. The zero-order valence-electron chi connectivity index (χ0n) is 12.8. The van der Waals surface area contributed by atoms with Gasteiger partial charge in [-0.15, -0.1) is 0 Å². The molecule has 2 aromatic rings. The number of carbonyl (C=O) groups excluding carboxylic acids is 1. The molecule has 1 unspecified atom stereocenters. The van der Waals surface area contributed by atoms with Gasteiger partial charge in [-0.1, -0.05) is 36.0 Å². The molecule has 0 saturated carbocycles. The van der Waals surface area contributed by atoms with Crippen LogP contribution in [0.4, 0.5) is 5.69 Å². The van der Waals surface area contributed by atoms with Gasteiger partial charge in [0.1, 0.15) is 18.6 Å². The van der Waals surface area contributed by atoms with Gasteiger partial charge in [0.05, 0.1) is 4.91 Å². The number of hydrogen-bond acceptors (Lipinski definition) is 5. The van der Waals surface area contributed by atoms with Gasteiger partial charge in [0.15, 0.2) is 11.5 Å². The summed E-state index contributed by atoms with van der Waals surface area (Å²) >= 11 is 1.44. The fourth-order valence-electron chi connectivity index (χ4n) is 2.78. The Morgan fingerprint density at radius 1 is 1.08 bits per heavy atom. The summed E-state index contributed by atoms with van der Waals surface area (Å²) < 4.78 is 11.3. The van der Waals surface area contributed by atoms with E-state index in [-0.39, 0.29) is 5.37 Å². The van der Waals surface area contributed by atoms with Crippen molar-refractivity contribution >= 4 is 23.4 Å². The lowest BCUT2D eigenvalue weighted by Gasteiger charge is -2.26. The Bertz CT molecular complexity index is 807. The summed E-state index contributed by atoms with van der Waals surface area (Å²) in [5.41, 5.74) is 7.52. The lowest BCUT2D eigenvalue weighted by molar-refractivity contribution is -0.113. The molecule has 0 spiro atoms. The number of para-hydroxylation sites is 1. The molecule has 2 N–H and O–H groups in total. The molecule has 0 fully saturated rings. The number of thioether (sulfide) groups is 1. The zero-order chi connectivity index (χ0) is 16.5. The first-order valence-electron chi connectivity index (χ1n) is 7.63. The summed E-state index contributed by atoms with van der Waals surface area (Å²) in [6.45, 7) is 1.11. The van der Waals surface area contributed by atoms with Gasteiger partial charge in [-0.05, 0) is 29.8 Å². The Labute approximate surface area is 144 Å². The van der Waals surface area contributed by atoms with Gasteiger partial charge in [0.2, 0.25) is 0 Å². The Balaban J connectivity index is 1.72. The summed E-state index contributed by atoms with van der Waals surface area (Å²) in [7, 11) is 0. The van der Waals surface area contributed by atoms with Gasteiger partial charge >= 0.3 is 0 Å². The van der Waals surface area contributed by atoms with Crippen LogP contribution < -0.4 is 20.1 Å². The van der Waals surface area contributed by atoms with Crippen molar-refractivity contribution in [2.75, 3.05) is 18.1 Å². The van der Waals surface area contributed by atoms with E-state index in [9.17, 15) is 4.79 Å². The average molecular weight is 340 g/mol. The van der Waals surface area contributed by atoms with Crippen LogP contribution in [0.15, 0.2) is 59.6 Å². The van der Waals surface area contributed by atoms with Crippen LogP contribution in [0.25, 0.3) is 0 Å². The molecule has 5 nitrogen and oxygen atoms in total. The second-order valence-electron chi connectivity index (χ2n) is 5.47. The number of ether oxygens (including phenoxy) is 2. The van der Waals surface area contributed by atoms with Gasteiger partial charge in [0, 0.05) is 11.9 Å². The minimum atomic E-state index is -0.416. The number of hydrogen-bond donors (Lipinski definition) is 1. The highest BCUT2D eigenvalue weighted by molar-refractivity contribution is 8.04. The molecule has 4 rings (SSSR count). The van der Waals surface area contributed by atoms with E-state index in [1.165, 1.54) is 11.8 Å². The minimum Gasteiger partial charge on any atom is -0.486 e. The molecule has 0 bridgehead atoms. The SMILES string of the molecule is NC(=O)C1=CN(c2ccccc2)C(c2ccc3c(c2)OCCO3)S1. The number of rotatable bonds is 3. The maximum absolute atomic E-state index is 11.6. The van der Waals surface area contributed by atoms with Crippen molar-refractivity contribution in [3.8, 4) is 11.5 Å². The molecule has 2 heterocycles. The molecule has 1 atom stereocenters. The molecule has 0 aromatic heterocycles. The summed E-state index contributed by atoms with van der Waals surface area (Å²) in [5.74, 6) is 1.07. The number of carbonyl (C=O) groups is 1. The number of fused-ring (bicyclic) bond motifs is 1. The van der Waals surface area contributed by atoms with Crippen molar-refractivity contribution in [2.24, 2.45) is 5.73 Å². The molecule has 122 valence electrons. The van der Waals surface area contributed by atoms with E-state index in [0.717, 1.165) is 22.7 Å². The minimum absolute atomic E-state index is 0.0780. The van der Waals surface area contributed by atoms with Crippen molar-refractivity contribution in [3.05, 3.63) is 65.2 Å². The van der Waals surface area contributed by atoms with Crippen LogP contribution >= 0.6 is 11.8 Å². The second kappa shape index (κ2) is 6.13. The first-order chi connectivity index (χ1) is 11.7. The highest BCUT2D eigenvalue weighted by Gasteiger charge is 2.31. The van der Waals surface area contributed by atoms with Gasteiger partial charge in [-0.2, -0.15) is 0 Å². The van der Waals surface area contributed by atoms with Crippen LogP contribution in [0.3, 0.4) is 0 Å². The third kappa shape index (κ3) is 2.69. The molecule has 0 saturated heterocycles. The standard InChI is InChI=1S/C18H16N2O3S/c19-17(21)16-11-20(13-4-2-1-3-5-13)18(24-16)12-6-7-14-15(10-12)23-9-8-22-14/h1-7,10-11,18H,8-9H2,(H2,19,21). The number of amides is 1. The van der Waals surface area contributed by atoms with E-state index in [2.05, 4.69) is 4.90 Å². The first-order valence-corrected chi connectivity index (χ1v) is 8.51. The molecule has 2 aromatic carbocycles. The monoisotopic (exact) mass is 340 g/mol. The molecule has 2 aliphatic heterocycles. The summed E-state index contributed by atoms with van der Waals surface area (Å²) in [4.78, 5) is 14.2. The van der Waals surface area contributed by atoms with Crippen LogP contribution in [0.5, 0.6) is 11.5 Å². The topological polar surface area (TPSA) is 64.8 Å². The van der Waals surface area contributed by atoms with Crippen molar-refractivity contribution in [2.45, 2.75) is 5.37 Å². The van der Waals surface area contributed by atoms with E-state index >= 15 is 0 Å². The van der Waals surface area contributed by atoms with Crippen LogP contribution in [0, 0.1) is 0 Å². The number of nitrogens with two attached hydrogens (primary N) is 1. The van der Waals surface area contributed by atoms with Gasteiger partial charge in [-0.25, -0.2) is 0 Å². The fourth-order valence-corrected chi connectivity index (χ4v) is 3.89. The van der Waals surface area contributed by atoms with E-state index in [1.54, 1.807) is 0 Å². The Morgan fingerprint density at radius 2 is 1.83 bits per heavy atom. The highest BCUT2D eigenvalue weighted by Crippen LogP contribution is 2.47. The molecular weight excluding hydrogens is 324 g/mol. The lowest BCUT2D eigenvalue weighted by Crippen LogP contribution is -2.18. The average Bonchev–Trinajstić information content (AvgIpc) is 3.08. The van der Waals surface area contributed by atoms with Crippen molar-refractivity contribution in [1.82, 2.24) is 0 Å². The van der Waals surface area contributed by atoms with Gasteiger partial charge in [-0.3, -0.25) is 4.79 Å². The molecular formula is C18H16N2O3S. The molecule has 0 radical (unpaired) electrons. The number of benzene rings is 2. The smallest absolute Gasteiger partial charge is 0.256 e. The zero-order valence-corrected chi connectivity index (χ0v) is 13.7. The molecule has 1 amide bonds. The molecule has 6 heteroatoms. The Kier molecular flexibility index (Phi) is 3.82. The van der Waals surface area contributed by atoms with Crippen molar-refractivity contribution in [3.63, 3.8) is 0 Å². The maximum atomic E-state index is 11.6. The van der Waals surface area contributed by atoms with Crippen LogP contribution in [0.2, 0.25) is 0 Å². The van der Waals surface area contributed by atoms with E-state index in [4.69, 9.17) is 15.2 Å². The number of primary amides is 1. The Hall–Kier alpha value is -2.60. The molecule has 2 aliphatic rings. The predicted molar refractivity (Wildman–Crippen MR) is 94.0 cm³/mol. The van der Waals surface area contributed by atoms with Crippen LogP contribution in [-0.4, -0.2) is 19.1 Å². The third-order valence-electron chi connectivity index (χ3n) is 3.90. The third-order valence-corrected chi connectivity index (χ3v) is 5.18. The molecule has 0 aliphatic carbocycles. The van der Waals surface area contributed by atoms with E-state index in [1.807, 2.05) is 54.7 Å². The Morgan fingerprint density at radius 3 is 2.58 bits per heavy atom. The second-order valence-corrected chi connectivity index (χ2v) is 6.60. The number of anilines is 1. The van der Waals surface area contributed by atoms with Crippen LogP contribution in [0.1, 0.15) is 10.9 Å². The van der Waals surface area contributed by atoms with Gasteiger partial charge < -0.3 is 20.1 Å². The van der Waals surface area contributed by atoms with E-state index in [0.29, 0.717) is 18.1 Å². The van der Waals surface area contributed by atoms with Crippen molar-refractivity contribution < 1.29 is 14.3 Å². The quantitative estimate of drug-likeness (QED) is 0.930. The largest absolute Gasteiger partial charge is 0.486 e. The summed E-state index contributed by atoms with van der Waals surface area (Å²) in [5, 5.41) is -0.0780. The predicted octanol–water partition coefficient (Wildman–Crippen LogP) is 3.04. The summed E-state index contributed by atoms with van der Waals surface area (Å²) in [6, 6.07) is 15.8. The first kappa shape index (κ1) is 15.0. The van der Waals surface area contributed by atoms with Gasteiger partial charge in [0.25, 0.3) is 5.91 Å². The summed E-state index contributed by atoms with van der Waals surface area (Å²) in [6.07, 6.45) is 1.81. The normalized spacial score (nSPS) is 19.1. The maximum Gasteiger partial charge on any atom is 0.256 e. The number of nitrogens with zero attached hydrogens (tertiary/aromatic N) is 1. The van der Waals surface area contributed by atoms with E-state index < -0.39 is 5.91 Å². The molecule has 24 heavy (non-hydrogen) atoms. The lowest BCUT2D eigenvalue weighted by atomic mass is 10.1. The van der Waals surface area contributed by atoms with Crippen LogP contribution in [-0.2, 0) is 4.79 Å². The van der Waals surface area contributed by atoms with Crippen molar-refractivity contribution in [1.29, 1.82) is 0 Å².